The van der Waals surface area contributed by atoms with Crippen LogP contribution in [0.3, 0.4) is 0 Å². The molecule has 2 rings (SSSR count). The van der Waals surface area contributed by atoms with E-state index in [0.29, 0.717) is 29.8 Å². The van der Waals surface area contributed by atoms with Crippen LogP contribution in [0.1, 0.15) is 44.1 Å². The summed E-state index contributed by atoms with van der Waals surface area (Å²) >= 11 is 5.68. The molecule has 22 heavy (non-hydrogen) atoms. The molecule has 5 heteroatoms. The highest BCUT2D eigenvalue weighted by atomic mass is 35.5. The van der Waals surface area contributed by atoms with Crippen molar-refractivity contribution in [2.75, 3.05) is 13.2 Å². The van der Waals surface area contributed by atoms with E-state index in [1.54, 1.807) is 12.1 Å². The molecule has 1 aliphatic rings. The average molecular weight is 328 g/mol. The maximum Gasteiger partial charge on any atom is 0.224 e. The van der Waals surface area contributed by atoms with Gasteiger partial charge in [-0.1, -0.05) is 36.9 Å². The summed E-state index contributed by atoms with van der Waals surface area (Å²) in [4.78, 5) is 11.8. The highest BCUT2D eigenvalue weighted by Crippen LogP contribution is 2.20. The number of carbonyl (C=O) groups excluding carboxylic acids is 1. The molecule has 0 aromatic heterocycles. The zero-order valence-electron chi connectivity index (χ0n) is 12.7. The molecule has 1 aromatic rings. The third kappa shape index (κ3) is 5.93. The first-order valence-corrected chi connectivity index (χ1v) is 8.35. The number of rotatable bonds is 7. The van der Waals surface area contributed by atoms with Crippen LogP contribution in [-0.4, -0.2) is 25.2 Å². The van der Waals surface area contributed by atoms with Crippen LogP contribution in [0.15, 0.2) is 18.2 Å². The molecular weight excluding hydrogens is 305 g/mol. The molecule has 1 fully saturated rings. The van der Waals surface area contributed by atoms with Crippen LogP contribution in [0.5, 0.6) is 0 Å². The van der Waals surface area contributed by atoms with Gasteiger partial charge in [-0.05, 0) is 37.0 Å². The Morgan fingerprint density at radius 2 is 2.09 bits per heavy atom. The minimum absolute atomic E-state index is 0.0342. The predicted molar refractivity (Wildman–Crippen MR) is 85.6 cm³/mol. The van der Waals surface area contributed by atoms with Gasteiger partial charge in [0.25, 0.3) is 0 Å². The second-order valence-corrected chi connectivity index (χ2v) is 6.18. The molecule has 3 nitrogen and oxygen atoms in total. The minimum Gasteiger partial charge on any atom is -0.378 e. The Kier molecular flexibility index (Phi) is 7.13. The van der Waals surface area contributed by atoms with Gasteiger partial charge in [-0.25, -0.2) is 4.39 Å². The number of ether oxygens (including phenoxy) is 1. The Balaban J connectivity index is 1.59. The van der Waals surface area contributed by atoms with Crippen molar-refractivity contribution in [2.45, 2.75) is 51.0 Å². The summed E-state index contributed by atoms with van der Waals surface area (Å²) in [6.07, 6.45) is 7.36. The van der Waals surface area contributed by atoms with Gasteiger partial charge >= 0.3 is 0 Å². The van der Waals surface area contributed by atoms with Gasteiger partial charge in [0.2, 0.25) is 5.91 Å². The molecule has 1 aliphatic carbocycles. The highest BCUT2D eigenvalue weighted by Gasteiger charge is 2.13. The molecule has 1 aromatic carbocycles. The van der Waals surface area contributed by atoms with Crippen LogP contribution >= 0.6 is 11.6 Å². The lowest BCUT2D eigenvalue weighted by Crippen LogP contribution is -2.27. The molecule has 0 radical (unpaired) electrons. The van der Waals surface area contributed by atoms with Gasteiger partial charge in [0, 0.05) is 18.2 Å². The third-order valence-corrected chi connectivity index (χ3v) is 4.15. The molecule has 1 N–H and O–H groups in total. The molecule has 0 saturated heterocycles. The number of amides is 1. The van der Waals surface area contributed by atoms with Gasteiger partial charge in [-0.15, -0.1) is 0 Å². The predicted octanol–water partition coefficient (Wildman–Crippen LogP) is 3.88. The van der Waals surface area contributed by atoms with Crippen LogP contribution in [0.2, 0.25) is 5.02 Å². The van der Waals surface area contributed by atoms with E-state index in [1.165, 1.54) is 25.3 Å². The van der Waals surface area contributed by atoms with Gasteiger partial charge in [0.15, 0.2) is 0 Å². The molecule has 0 spiro atoms. The number of carbonyl (C=O) groups is 1. The van der Waals surface area contributed by atoms with Crippen LogP contribution in [0.25, 0.3) is 0 Å². The van der Waals surface area contributed by atoms with E-state index >= 15 is 0 Å². The first-order valence-electron chi connectivity index (χ1n) is 7.97. The van der Waals surface area contributed by atoms with E-state index in [1.807, 2.05) is 0 Å². The summed E-state index contributed by atoms with van der Waals surface area (Å²) in [5, 5.41) is 3.13. The standard InChI is InChI=1S/C17H23ClFNO2/c18-14-8-7-13(16(19)12-14)11-17(21)20-9-4-10-22-15-5-2-1-3-6-15/h7-8,12,15H,1-6,9-11H2,(H,20,21). The number of hydrogen-bond donors (Lipinski definition) is 1. The van der Waals surface area contributed by atoms with Gasteiger partial charge < -0.3 is 10.1 Å². The Morgan fingerprint density at radius 1 is 1.32 bits per heavy atom. The van der Waals surface area contributed by atoms with E-state index in [9.17, 15) is 9.18 Å². The van der Waals surface area contributed by atoms with Gasteiger partial charge in [-0.2, -0.15) is 0 Å². The van der Waals surface area contributed by atoms with Crippen molar-refractivity contribution in [3.63, 3.8) is 0 Å². The Hall–Kier alpha value is -1.13. The normalized spacial score (nSPS) is 15.7. The number of nitrogens with one attached hydrogen (secondary N) is 1. The molecule has 0 bridgehead atoms. The summed E-state index contributed by atoms with van der Waals surface area (Å²) < 4.78 is 19.4. The number of benzene rings is 1. The lowest BCUT2D eigenvalue weighted by atomic mass is 9.98. The van der Waals surface area contributed by atoms with E-state index in [-0.39, 0.29) is 12.3 Å². The zero-order chi connectivity index (χ0) is 15.8. The van der Waals surface area contributed by atoms with Crippen molar-refractivity contribution in [2.24, 2.45) is 0 Å². The average Bonchev–Trinajstić information content (AvgIpc) is 2.51. The molecule has 0 aliphatic heterocycles. The summed E-state index contributed by atoms with van der Waals surface area (Å²) in [6.45, 7) is 1.22. The maximum atomic E-state index is 13.6. The van der Waals surface area contributed by atoms with Gasteiger partial charge in [-0.3, -0.25) is 4.79 Å². The summed E-state index contributed by atoms with van der Waals surface area (Å²) in [5.74, 6) is -0.623. The molecule has 0 unspecified atom stereocenters. The lowest BCUT2D eigenvalue weighted by molar-refractivity contribution is -0.120. The summed E-state index contributed by atoms with van der Waals surface area (Å²) in [5.41, 5.74) is 0.361. The first kappa shape index (κ1) is 17.2. The Bertz CT molecular complexity index is 490. The fraction of sp³-hybridized carbons (Fsp3) is 0.588. The topological polar surface area (TPSA) is 38.3 Å². The Morgan fingerprint density at radius 3 is 2.82 bits per heavy atom. The van der Waals surface area contributed by atoms with Crippen LogP contribution in [-0.2, 0) is 16.0 Å². The number of hydrogen-bond acceptors (Lipinski definition) is 2. The van der Waals surface area contributed by atoms with Gasteiger partial charge in [0.1, 0.15) is 5.82 Å². The second kappa shape index (κ2) is 9.11. The zero-order valence-corrected chi connectivity index (χ0v) is 13.5. The van der Waals surface area contributed by atoms with E-state index in [2.05, 4.69) is 5.32 Å². The first-order chi connectivity index (χ1) is 10.6. The van der Waals surface area contributed by atoms with Gasteiger partial charge in [0.05, 0.1) is 12.5 Å². The quantitative estimate of drug-likeness (QED) is 0.772. The van der Waals surface area contributed by atoms with Crippen molar-refractivity contribution in [3.8, 4) is 0 Å². The molecule has 1 saturated carbocycles. The second-order valence-electron chi connectivity index (χ2n) is 5.75. The van der Waals surface area contributed by atoms with E-state index in [4.69, 9.17) is 16.3 Å². The van der Waals surface area contributed by atoms with Crippen molar-refractivity contribution in [1.29, 1.82) is 0 Å². The molecule has 0 heterocycles. The lowest BCUT2D eigenvalue weighted by Gasteiger charge is -2.21. The fourth-order valence-corrected chi connectivity index (χ4v) is 2.84. The minimum atomic E-state index is -0.441. The van der Waals surface area contributed by atoms with Crippen molar-refractivity contribution >= 4 is 17.5 Å². The summed E-state index contributed by atoms with van der Waals surface area (Å²) in [6, 6.07) is 4.36. The van der Waals surface area contributed by atoms with Crippen LogP contribution in [0, 0.1) is 5.82 Å². The van der Waals surface area contributed by atoms with Crippen LogP contribution in [0.4, 0.5) is 4.39 Å². The van der Waals surface area contributed by atoms with Crippen molar-refractivity contribution < 1.29 is 13.9 Å². The molecule has 122 valence electrons. The summed E-state index contributed by atoms with van der Waals surface area (Å²) in [7, 11) is 0. The van der Waals surface area contributed by atoms with Crippen molar-refractivity contribution in [3.05, 3.63) is 34.6 Å². The smallest absolute Gasteiger partial charge is 0.224 e. The molecular formula is C17H23ClFNO2. The number of halogens is 2. The molecule has 1 amide bonds. The van der Waals surface area contributed by atoms with Crippen molar-refractivity contribution in [1.82, 2.24) is 5.32 Å². The fourth-order valence-electron chi connectivity index (χ4n) is 2.68. The third-order valence-electron chi connectivity index (χ3n) is 3.92. The largest absolute Gasteiger partial charge is 0.378 e. The van der Waals surface area contributed by atoms with E-state index in [0.717, 1.165) is 19.3 Å². The van der Waals surface area contributed by atoms with E-state index < -0.39 is 5.82 Å². The SMILES string of the molecule is O=C(Cc1ccc(Cl)cc1F)NCCCOC1CCCCC1. The monoisotopic (exact) mass is 327 g/mol. The van der Waals surface area contributed by atoms with Crippen LogP contribution < -0.4 is 5.32 Å². The Labute approximate surface area is 136 Å². The molecule has 0 atom stereocenters. The highest BCUT2D eigenvalue weighted by molar-refractivity contribution is 6.30. The maximum absolute atomic E-state index is 13.6.